The second-order valence-electron chi connectivity index (χ2n) is 11.6. The smallest absolute Gasteiger partial charge is 0.159 e. The van der Waals surface area contributed by atoms with Crippen molar-refractivity contribution in [3.05, 3.63) is 79.1 Å². The third-order valence-electron chi connectivity index (χ3n) is 8.54. The van der Waals surface area contributed by atoms with Gasteiger partial charge in [-0.15, -0.1) is 0 Å². The fourth-order valence-corrected chi connectivity index (χ4v) is 6.44. The van der Waals surface area contributed by atoms with Gasteiger partial charge in [-0.2, -0.15) is 5.10 Å². The summed E-state index contributed by atoms with van der Waals surface area (Å²) in [6.45, 7) is 12.5. The molecule has 4 aromatic rings. The summed E-state index contributed by atoms with van der Waals surface area (Å²) in [6.07, 6.45) is 19.1. The van der Waals surface area contributed by atoms with E-state index in [0.29, 0.717) is 0 Å². The van der Waals surface area contributed by atoms with E-state index < -0.39 is 0 Å². The number of allylic oxidation sites excluding steroid dienone is 3. The molecule has 1 aromatic carbocycles. The Hall–Kier alpha value is -4.13. The largest absolute Gasteiger partial charge is 0.370 e. The van der Waals surface area contributed by atoms with E-state index in [1.54, 1.807) is 0 Å². The second kappa shape index (κ2) is 12.2. The molecular weight excluding hydrogens is 506 g/mol. The van der Waals surface area contributed by atoms with Crippen molar-refractivity contribution in [3.63, 3.8) is 0 Å². The van der Waals surface area contributed by atoms with Gasteiger partial charge in [0.05, 0.1) is 23.1 Å². The molecule has 7 nitrogen and oxygen atoms in total. The minimum Gasteiger partial charge on any atom is -0.370 e. The van der Waals surface area contributed by atoms with Crippen LogP contribution in [0.4, 0.5) is 5.69 Å². The highest BCUT2D eigenvalue weighted by atomic mass is 15.2. The number of hydrogen-bond acceptors (Lipinski definition) is 5. The molecule has 0 atom stereocenters. The number of aryl methyl sites for hydroxylation is 1. The number of nitrogens with one attached hydrogen (secondary N) is 3. The molecule has 1 saturated carbocycles. The van der Waals surface area contributed by atoms with Crippen LogP contribution >= 0.6 is 0 Å². The number of benzene rings is 1. The zero-order valence-electron chi connectivity index (χ0n) is 24.2. The Morgan fingerprint density at radius 2 is 1.85 bits per heavy atom. The van der Waals surface area contributed by atoms with Crippen molar-refractivity contribution in [2.75, 3.05) is 18.4 Å². The highest BCUT2D eigenvalue weighted by molar-refractivity contribution is 5.94. The number of fused-ring (bicyclic) bond motifs is 1. The molecule has 0 spiro atoms. The lowest BCUT2D eigenvalue weighted by molar-refractivity contribution is 0.325. The molecule has 0 bridgehead atoms. The first-order chi connectivity index (χ1) is 20.1. The molecule has 1 saturated heterocycles. The number of rotatable bonds is 9. The van der Waals surface area contributed by atoms with Crippen LogP contribution in [0.3, 0.4) is 0 Å². The average Bonchev–Trinajstić information content (AvgIpc) is 3.59. The fraction of sp³-hybridized carbons (Fsp3) is 0.382. The predicted molar refractivity (Wildman–Crippen MR) is 169 cm³/mol. The van der Waals surface area contributed by atoms with E-state index in [1.807, 2.05) is 18.5 Å². The van der Waals surface area contributed by atoms with Crippen LogP contribution in [0.15, 0.2) is 67.7 Å². The highest BCUT2D eigenvalue weighted by Gasteiger charge is 2.22. The summed E-state index contributed by atoms with van der Waals surface area (Å²) in [5.41, 5.74) is 9.08. The Morgan fingerprint density at radius 1 is 1.05 bits per heavy atom. The molecule has 6 rings (SSSR count). The number of aromatic nitrogens is 5. The van der Waals surface area contributed by atoms with Crippen LogP contribution < -0.4 is 5.32 Å². The number of piperidine rings is 1. The Bertz CT molecular complexity index is 1560. The van der Waals surface area contributed by atoms with Gasteiger partial charge >= 0.3 is 0 Å². The van der Waals surface area contributed by atoms with Gasteiger partial charge in [-0.25, -0.2) is 4.98 Å². The quantitative estimate of drug-likeness (QED) is 0.184. The molecule has 2 fully saturated rings. The van der Waals surface area contributed by atoms with Crippen LogP contribution in [-0.2, 0) is 0 Å². The van der Waals surface area contributed by atoms with Crippen molar-refractivity contribution in [2.45, 2.75) is 64.7 Å². The van der Waals surface area contributed by atoms with E-state index in [-0.39, 0.29) is 0 Å². The lowest BCUT2D eigenvalue weighted by Gasteiger charge is -2.30. The molecular formula is C34H41N7. The SMILES string of the molecule is C=C/C=C(\c1nc(-c2n[nH]c3ccc(-c4cncc(NC(=C)CC5CCCCC5)c4)cc23)[nH]c1C)N1CCCCC1. The molecule has 212 valence electrons. The first-order valence-corrected chi connectivity index (χ1v) is 15.1. The van der Waals surface area contributed by atoms with Crippen molar-refractivity contribution in [2.24, 2.45) is 5.92 Å². The van der Waals surface area contributed by atoms with Gasteiger partial charge in [-0.3, -0.25) is 10.1 Å². The molecule has 7 heteroatoms. The van der Waals surface area contributed by atoms with Gasteiger partial charge in [0, 0.05) is 41.6 Å². The maximum atomic E-state index is 5.07. The maximum absolute atomic E-state index is 5.07. The predicted octanol–water partition coefficient (Wildman–Crippen LogP) is 8.23. The summed E-state index contributed by atoms with van der Waals surface area (Å²) in [6, 6.07) is 8.52. The van der Waals surface area contributed by atoms with Gasteiger partial charge in [0.1, 0.15) is 11.4 Å². The highest BCUT2D eigenvalue weighted by Crippen LogP contribution is 2.33. The second-order valence-corrected chi connectivity index (χ2v) is 11.6. The molecule has 0 radical (unpaired) electrons. The standard InChI is InChI=1S/C34H41N7/c1-4-11-31(41-16-9-6-10-17-41)32-24(3)37-34(38-32)33-29-20-26(14-15-30(29)39-40-33)27-19-28(22-35-21-27)36-23(2)18-25-12-7-5-8-13-25/h4,11,14-15,19-22,25,36H,1-2,5-10,12-13,16-18H2,3H3,(H,37,38)(H,39,40)/b31-11+. The fourth-order valence-electron chi connectivity index (χ4n) is 6.44. The normalized spacial score (nSPS) is 16.7. The molecule has 0 unspecified atom stereocenters. The topological polar surface area (TPSA) is 85.5 Å². The molecule has 2 aliphatic rings. The van der Waals surface area contributed by atoms with Crippen LogP contribution in [0.25, 0.3) is 39.2 Å². The maximum Gasteiger partial charge on any atom is 0.159 e. The lowest BCUT2D eigenvalue weighted by atomic mass is 9.86. The van der Waals surface area contributed by atoms with Gasteiger partial charge in [-0.1, -0.05) is 57.4 Å². The van der Waals surface area contributed by atoms with Crippen molar-refractivity contribution in [3.8, 4) is 22.6 Å². The number of aromatic amines is 2. The lowest BCUT2D eigenvalue weighted by Crippen LogP contribution is -2.28. The average molecular weight is 548 g/mol. The zero-order valence-corrected chi connectivity index (χ0v) is 24.2. The van der Waals surface area contributed by atoms with Crippen LogP contribution in [0.2, 0.25) is 0 Å². The van der Waals surface area contributed by atoms with Crippen LogP contribution in [-0.4, -0.2) is 43.1 Å². The van der Waals surface area contributed by atoms with Crippen LogP contribution in [0.5, 0.6) is 0 Å². The van der Waals surface area contributed by atoms with Crippen molar-refractivity contribution < 1.29 is 0 Å². The Labute approximate surface area is 242 Å². The van der Waals surface area contributed by atoms with E-state index in [4.69, 9.17) is 4.98 Å². The van der Waals surface area contributed by atoms with Crippen LogP contribution in [0, 0.1) is 12.8 Å². The Morgan fingerprint density at radius 3 is 2.66 bits per heavy atom. The molecule has 4 heterocycles. The molecule has 3 N–H and O–H groups in total. The summed E-state index contributed by atoms with van der Waals surface area (Å²) >= 11 is 0. The van der Waals surface area contributed by atoms with E-state index in [1.165, 1.54) is 51.4 Å². The van der Waals surface area contributed by atoms with Gasteiger partial charge in [-0.05, 0) is 68.4 Å². The minimum atomic E-state index is 0.746. The molecule has 0 amide bonds. The Kier molecular flexibility index (Phi) is 8.03. The first kappa shape index (κ1) is 27.1. The number of hydrogen-bond donors (Lipinski definition) is 3. The molecule has 1 aliphatic carbocycles. The van der Waals surface area contributed by atoms with Crippen molar-refractivity contribution >= 4 is 22.3 Å². The van der Waals surface area contributed by atoms with E-state index in [0.717, 1.165) is 87.4 Å². The van der Waals surface area contributed by atoms with Gasteiger partial charge in [0.15, 0.2) is 5.82 Å². The summed E-state index contributed by atoms with van der Waals surface area (Å²) in [4.78, 5) is 15.5. The number of pyridine rings is 1. The number of likely N-dealkylation sites (tertiary alicyclic amines) is 1. The molecule has 41 heavy (non-hydrogen) atoms. The Balaban J connectivity index is 1.26. The number of H-pyrrole nitrogens is 2. The monoisotopic (exact) mass is 547 g/mol. The number of anilines is 1. The van der Waals surface area contributed by atoms with Crippen molar-refractivity contribution in [1.82, 2.24) is 30.0 Å². The third-order valence-corrected chi connectivity index (χ3v) is 8.54. The van der Waals surface area contributed by atoms with Crippen molar-refractivity contribution in [1.29, 1.82) is 0 Å². The van der Waals surface area contributed by atoms with Gasteiger partial charge in [0.2, 0.25) is 0 Å². The molecule has 1 aliphatic heterocycles. The van der Waals surface area contributed by atoms with Gasteiger partial charge in [0.25, 0.3) is 0 Å². The number of imidazole rings is 1. The summed E-state index contributed by atoms with van der Waals surface area (Å²) in [7, 11) is 0. The summed E-state index contributed by atoms with van der Waals surface area (Å²) < 4.78 is 0. The third kappa shape index (κ3) is 5.99. The van der Waals surface area contributed by atoms with E-state index in [9.17, 15) is 0 Å². The number of nitrogens with zero attached hydrogens (tertiary/aromatic N) is 4. The van der Waals surface area contributed by atoms with Crippen LogP contribution in [0.1, 0.15) is 69.2 Å². The van der Waals surface area contributed by atoms with E-state index in [2.05, 4.69) is 80.8 Å². The first-order valence-electron chi connectivity index (χ1n) is 15.1. The molecule has 3 aromatic heterocycles. The summed E-state index contributed by atoms with van der Waals surface area (Å²) in [5.74, 6) is 1.51. The van der Waals surface area contributed by atoms with Gasteiger partial charge < -0.3 is 15.2 Å². The zero-order chi connectivity index (χ0) is 28.2. The summed E-state index contributed by atoms with van der Waals surface area (Å²) in [5, 5.41) is 12.4. The van der Waals surface area contributed by atoms with E-state index >= 15 is 0 Å². The minimum absolute atomic E-state index is 0.746.